The van der Waals surface area contributed by atoms with Crippen LogP contribution in [0.25, 0.3) is 0 Å². The number of hydrogen-bond donors (Lipinski definition) is 1. The van der Waals surface area contributed by atoms with Gasteiger partial charge in [0.2, 0.25) is 5.91 Å². The van der Waals surface area contributed by atoms with Crippen molar-refractivity contribution >= 4 is 30.7 Å². The summed E-state index contributed by atoms with van der Waals surface area (Å²) in [5.41, 5.74) is 0.943. The van der Waals surface area contributed by atoms with Crippen molar-refractivity contribution in [3.8, 4) is 0 Å². The molecular weight excluding hydrogens is 363 g/mol. The Morgan fingerprint density at radius 2 is 1.92 bits per heavy atom. The summed E-state index contributed by atoms with van der Waals surface area (Å²) in [5, 5.41) is 3.43. The average Bonchev–Trinajstić information content (AvgIpc) is 2.53. The number of hydrogen-bond acceptors (Lipinski definition) is 4. The molecular formula is C17H28Cl2N4O2. The lowest BCUT2D eigenvalue weighted by Crippen LogP contribution is -2.52. The van der Waals surface area contributed by atoms with Crippen LogP contribution >= 0.6 is 24.8 Å². The summed E-state index contributed by atoms with van der Waals surface area (Å²) in [6.45, 7) is 3.17. The van der Waals surface area contributed by atoms with Crippen LogP contribution in [-0.2, 0) is 4.79 Å². The highest BCUT2D eigenvalue weighted by Gasteiger charge is 2.42. The van der Waals surface area contributed by atoms with Crippen molar-refractivity contribution < 1.29 is 4.79 Å². The first-order chi connectivity index (χ1) is 11.0. The first kappa shape index (κ1) is 22.0. The normalized spacial score (nSPS) is 23.9. The van der Waals surface area contributed by atoms with Crippen molar-refractivity contribution in [2.75, 3.05) is 47.3 Å². The Hall–Kier alpha value is -1.08. The lowest BCUT2D eigenvalue weighted by molar-refractivity contribution is -0.136. The van der Waals surface area contributed by atoms with Crippen LogP contribution in [-0.4, -0.2) is 67.6 Å². The monoisotopic (exact) mass is 390 g/mol. The largest absolute Gasteiger partial charge is 0.343 e. The minimum Gasteiger partial charge on any atom is -0.343 e. The van der Waals surface area contributed by atoms with Gasteiger partial charge in [0.25, 0.3) is 5.56 Å². The van der Waals surface area contributed by atoms with Gasteiger partial charge in [-0.3, -0.25) is 14.2 Å². The van der Waals surface area contributed by atoms with E-state index in [0.29, 0.717) is 12.5 Å². The van der Waals surface area contributed by atoms with Gasteiger partial charge in [0.15, 0.2) is 0 Å². The van der Waals surface area contributed by atoms with Crippen LogP contribution < -0.4 is 10.9 Å². The van der Waals surface area contributed by atoms with Crippen LogP contribution in [0.15, 0.2) is 23.0 Å². The number of amides is 1. The van der Waals surface area contributed by atoms with E-state index in [1.165, 1.54) is 0 Å². The molecule has 2 aliphatic rings. The number of nitrogens with one attached hydrogen (secondary N) is 1. The number of aromatic nitrogens is 1. The Morgan fingerprint density at radius 3 is 2.60 bits per heavy atom. The summed E-state index contributed by atoms with van der Waals surface area (Å²) in [5.74, 6) is 0.572. The van der Waals surface area contributed by atoms with Crippen molar-refractivity contribution in [2.24, 2.45) is 5.92 Å². The highest BCUT2D eigenvalue weighted by Crippen LogP contribution is 2.39. The molecule has 3 heterocycles. The molecule has 1 fully saturated rings. The lowest BCUT2D eigenvalue weighted by atomic mass is 9.79. The Bertz CT molecular complexity index is 650. The molecule has 0 saturated carbocycles. The lowest BCUT2D eigenvalue weighted by Gasteiger charge is -2.43. The second-order valence-corrected chi connectivity index (χ2v) is 7.02. The number of nitrogens with zero attached hydrogens (tertiary/aromatic N) is 3. The van der Waals surface area contributed by atoms with Crippen molar-refractivity contribution in [2.45, 2.75) is 18.4 Å². The van der Waals surface area contributed by atoms with E-state index in [1.54, 1.807) is 21.6 Å². The molecule has 1 saturated heterocycles. The summed E-state index contributed by atoms with van der Waals surface area (Å²) < 4.78 is 1.76. The second-order valence-electron chi connectivity index (χ2n) is 7.02. The van der Waals surface area contributed by atoms with Crippen LogP contribution in [0, 0.1) is 5.92 Å². The molecule has 25 heavy (non-hydrogen) atoms. The highest BCUT2D eigenvalue weighted by molar-refractivity contribution is 5.85. The molecule has 0 radical (unpaired) electrons. The van der Waals surface area contributed by atoms with Gasteiger partial charge in [0.1, 0.15) is 6.04 Å². The molecule has 6 nitrogen and oxygen atoms in total. The van der Waals surface area contributed by atoms with E-state index in [-0.39, 0.29) is 48.2 Å². The van der Waals surface area contributed by atoms with Gasteiger partial charge in [-0.1, -0.05) is 6.07 Å². The molecule has 0 unspecified atom stereocenters. The first-order valence-corrected chi connectivity index (χ1v) is 8.31. The smallest absolute Gasteiger partial charge is 0.251 e. The summed E-state index contributed by atoms with van der Waals surface area (Å²) in [4.78, 5) is 29.3. The van der Waals surface area contributed by atoms with E-state index in [4.69, 9.17) is 0 Å². The maximum atomic E-state index is 13.0. The Labute approximate surface area is 161 Å². The van der Waals surface area contributed by atoms with Gasteiger partial charge in [0, 0.05) is 56.8 Å². The minimum absolute atomic E-state index is 0. The van der Waals surface area contributed by atoms with E-state index < -0.39 is 0 Å². The first-order valence-electron chi connectivity index (χ1n) is 8.31. The number of carbonyl (C=O) groups excluding carboxylic acids is 1. The molecule has 8 heteroatoms. The molecule has 142 valence electrons. The summed E-state index contributed by atoms with van der Waals surface area (Å²) >= 11 is 0. The van der Waals surface area contributed by atoms with Gasteiger partial charge in [-0.25, -0.2) is 0 Å². The Balaban J connectivity index is 0.00000156. The standard InChI is InChI=1S/C17H26N4O2.2ClH/c1-19(2)7-8-20(3)17(23)16-13-9-12(10-18-11-13)14-5-4-6-15(22)21(14)16;;/h4-6,12-13,16,18H,7-11H2,1-3H3;2*1H/t12-,13+,16-;;/m1../s1. The van der Waals surface area contributed by atoms with E-state index in [0.717, 1.165) is 31.7 Å². The fraction of sp³-hybridized carbons (Fsp3) is 0.647. The Kier molecular flexibility index (Phi) is 7.93. The second kappa shape index (κ2) is 9.03. The summed E-state index contributed by atoms with van der Waals surface area (Å²) in [7, 11) is 5.82. The average molecular weight is 391 g/mol. The van der Waals surface area contributed by atoms with Crippen LogP contribution in [0.3, 0.4) is 0 Å². The van der Waals surface area contributed by atoms with E-state index in [2.05, 4.69) is 10.2 Å². The molecule has 1 aromatic heterocycles. The topological polar surface area (TPSA) is 57.6 Å². The number of fused-ring (bicyclic) bond motifs is 4. The van der Waals surface area contributed by atoms with E-state index in [1.807, 2.05) is 27.2 Å². The highest BCUT2D eigenvalue weighted by atomic mass is 35.5. The van der Waals surface area contributed by atoms with Gasteiger partial charge in [-0.2, -0.15) is 0 Å². The third-order valence-electron chi connectivity index (χ3n) is 5.06. The van der Waals surface area contributed by atoms with Crippen molar-refractivity contribution in [1.82, 2.24) is 19.7 Å². The molecule has 1 aromatic rings. The minimum atomic E-state index is -0.380. The zero-order chi connectivity index (χ0) is 16.6. The van der Waals surface area contributed by atoms with Crippen LogP contribution in [0.1, 0.15) is 24.1 Å². The van der Waals surface area contributed by atoms with Gasteiger partial charge < -0.3 is 15.1 Å². The molecule has 1 N–H and O–H groups in total. The van der Waals surface area contributed by atoms with Gasteiger partial charge in [0.05, 0.1) is 0 Å². The Morgan fingerprint density at radius 1 is 1.20 bits per heavy atom. The van der Waals surface area contributed by atoms with Gasteiger partial charge in [-0.15, -0.1) is 24.8 Å². The third-order valence-corrected chi connectivity index (χ3v) is 5.06. The number of likely N-dealkylation sites (N-methyl/N-ethyl adjacent to an activating group) is 2. The predicted molar refractivity (Wildman–Crippen MR) is 104 cm³/mol. The maximum Gasteiger partial charge on any atom is 0.251 e. The van der Waals surface area contributed by atoms with Crippen molar-refractivity contribution in [3.63, 3.8) is 0 Å². The number of pyridine rings is 1. The molecule has 2 bridgehead atoms. The molecule has 2 aliphatic heterocycles. The van der Waals surface area contributed by atoms with E-state index >= 15 is 0 Å². The third kappa shape index (κ3) is 4.37. The molecule has 1 amide bonds. The number of carbonyl (C=O) groups is 1. The zero-order valence-corrected chi connectivity index (χ0v) is 16.6. The van der Waals surface area contributed by atoms with Crippen molar-refractivity contribution in [1.29, 1.82) is 0 Å². The fourth-order valence-corrected chi connectivity index (χ4v) is 3.80. The quantitative estimate of drug-likeness (QED) is 0.831. The number of halogens is 2. The molecule has 0 aliphatic carbocycles. The molecule has 0 spiro atoms. The predicted octanol–water partition coefficient (Wildman–Crippen LogP) is 0.960. The SMILES string of the molecule is CN(C)CCN(C)C(=O)[C@H]1[C@@H]2CNC[C@@H](C2)c2cccc(=O)n21.Cl.Cl. The fourth-order valence-electron chi connectivity index (χ4n) is 3.80. The van der Waals surface area contributed by atoms with Crippen LogP contribution in [0.2, 0.25) is 0 Å². The summed E-state index contributed by atoms with van der Waals surface area (Å²) in [6.07, 6.45) is 0.981. The number of rotatable bonds is 4. The molecule has 0 aromatic carbocycles. The van der Waals surface area contributed by atoms with E-state index in [9.17, 15) is 9.59 Å². The molecule has 3 atom stereocenters. The van der Waals surface area contributed by atoms with Crippen LogP contribution in [0.4, 0.5) is 0 Å². The molecule has 3 rings (SSSR count). The zero-order valence-electron chi connectivity index (χ0n) is 15.0. The maximum absolute atomic E-state index is 13.0. The number of piperidine rings is 1. The van der Waals surface area contributed by atoms with Crippen molar-refractivity contribution in [3.05, 3.63) is 34.2 Å². The summed E-state index contributed by atoms with van der Waals surface area (Å²) in [6, 6.07) is 4.99. The van der Waals surface area contributed by atoms with Gasteiger partial charge >= 0.3 is 0 Å². The van der Waals surface area contributed by atoms with Gasteiger partial charge in [-0.05, 0) is 26.6 Å². The van der Waals surface area contributed by atoms with Crippen LogP contribution in [0.5, 0.6) is 0 Å².